The third-order valence-electron chi connectivity index (χ3n) is 1.85. The molecule has 3 heteroatoms. The van der Waals surface area contributed by atoms with Crippen LogP contribution in [0.3, 0.4) is 0 Å². The van der Waals surface area contributed by atoms with Crippen LogP contribution in [0.1, 0.15) is 17.3 Å². The quantitative estimate of drug-likeness (QED) is 0.692. The lowest BCUT2D eigenvalue weighted by Crippen LogP contribution is -2.19. The van der Waals surface area contributed by atoms with Gasteiger partial charge in [0.15, 0.2) is 0 Å². The van der Waals surface area contributed by atoms with Gasteiger partial charge in [0.1, 0.15) is 0 Å². The number of aromatic nitrogens is 1. The van der Waals surface area contributed by atoms with Crippen LogP contribution in [0, 0.1) is 6.92 Å². The van der Waals surface area contributed by atoms with Gasteiger partial charge in [0, 0.05) is 11.9 Å². The average Bonchev–Trinajstić information content (AvgIpc) is 2.07. The smallest absolute Gasteiger partial charge is 0.0626 e. The number of aryl methyl sites for hydroxylation is 1. The molecular formula is C9H14N2O. The van der Waals surface area contributed by atoms with E-state index in [-0.39, 0.29) is 12.6 Å². The van der Waals surface area contributed by atoms with Gasteiger partial charge in [-0.15, -0.1) is 0 Å². The number of hydrogen-bond donors (Lipinski definition) is 2. The highest BCUT2D eigenvalue weighted by molar-refractivity contribution is 5.19. The number of nitrogens with zero attached hydrogens (tertiary/aromatic N) is 1. The monoisotopic (exact) mass is 166 g/mol. The maximum atomic E-state index is 8.99. The van der Waals surface area contributed by atoms with Gasteiger partial charge in [-0.05, 0) is 31.7 Å². The van der Waals surface area contributed by atoms with E-state index in [1.54, 1.807) is 6.20 Å². The zero-order valence-electron chi connectivity index (χ0n) is 7.41. The molecule has 0 aliphatic rings. The first-order valence-corrected chi connectivity index (χ1v) is 3.98. The molecular weight excluding hydrogens is 152 g/mol. The highest BCUT2D eigenvalue weighted by Crippen LogP contribution is 2.11. The summed E-state index contributed by atoms with van der Waals surface area (Å²) in [5.74, 6) is 0. The summed E-state index contributed by atoms with van der Waals surface area (Å²) in [6, 6.07) is 3.90. The van der Waals surface area contributed by atoms with Crippen LogP contribution in [0.5, 0.6) is 0 Å². The minimum atomic E-state index is 0.0201. The van der Waals surface area contributed by atoms with Crippen molar-refractivity contribution in [3.05, 3.63) is 29.6 Å². The first kappa shape index (κ1) is 9.16. The molecule has 0 radical (unpaired) electrons. The zero-order valence-corrected chi connectivity index (χ0v) is 7.41. The molecule has 1 heterocycles. The van der Waals surface area contributed by atoms with E-state index in [1.807, 2.05) is 26.1 Å². The van der Waals surface area contributed by atoms with Gasteiger partial charge in [-0.2, -0.15) is 0 Å². The molecule has 0 aliphatic carbocycles. The second kappa shape index (κ2) is 4.18. The predicted molar refractivity (Wildman–Crippen MR) is 47.9 cm³/mol. The summed E-state index contributed by atoms with van der Waals surface area (Å²) in [7, 11) is 1.83. The Morgan fingerprint density at radius 3 is 2.92 bits per heavy atom. The summed E-state index contributed by atoms with van der Waals surface area (Å²) in [4.78, 5) is 4.08. The fourth-order valence-electron chi connectivity index (χ4n) is 1.15. The van der Waals surface area contributed by atoms with E-state index in [2.05, 4.69) is 10.3 Å². The van der Waals surface area contributed by atoms with Crippen molar-refractivity contribution in [2.24, 2.45) is 0 Å². The third kappa shape index (κ3) is 2.03. The first-order chi connectivity index (χ1) is 5.77. The zero-order chi connectivity index (χ0) is 8.97. The largest absolute Gasteiger partial charge is 0.394 e. The van der Waals surface area contributed by atoms with E-state index in [0.29, 0.717) is 0 Å². The van der Waals surface area contributed by atoms with E-state index >= 15 is 0 Å². The maximum absolute atomic E-state index is 8.99. The highest BCUT2D eigenvalue weighted by Gasteiger charge is 2.06. The van der Waals surface area contributed by atoms with E-state index in [4.69, 9.17) is 5.11 Å². The molecule has 1 rings (SSSR count). The van der Waals surface area contributed by atoms with Gasteiger partial charge < -0.3 is 10.4 Å². The van der Waals surface area contributed by atoms with Crippen LogP contribution in [0.25, 0.3) is 0 Å². The Labute approximate surface area is 72.5 Å². The van der Waals surface area contributed by atoms with E-state index in [0.717, 1.165) is 11.3 Å². The second-order valence-electron chi connectivity index (χ2n) is 2.75. The van der Waals surface area contributed by atoms with Crippen LogP contribution in [-0.4, -0.2) is 23.7 Å². The van der Waals surface area contributed by atoms with E-state index < -0.39 is 0 Å². The number of aliphatic hydroxyl groups is 1. The Hall–Kier alpha value is -0.930. The predicted octanol–water partition coefficient (Wildman–Crippen LogP) is 0.643. The molecule has 0 amide bonds. The first-order valence-electron chi connectivity index (χ1n) is 3.98. The molecule has 1 aromatic rings. The van der Waals surface area contributed by atoms with Crippen LogP contribution >= 0.6 is 0 Å². The van der Waals surface area contributed by atoms with E-state index in [1.165, 1.54) is 0 Å². The Morgan fingerprint density at radius 1 is 1.67 bits per heavy atom. The molecule has 0 aromatic carbocycles. The Bertz CT molecular complexity index is 246. The summed E-state index contributed by atoms with van der Waals surface area (Å²) >= 11 is 0. The minimum Gasteiger partial charge on any atom is -0.394 e. The summed E-state index contributed by atoms with van der Waals surface area (Å²) in [6.07, 6.45) is 1.75. The van der Waals surface area contributed by atoms with Gasteiger partial charge in [-0.25, -0.2) is 0 Å². The van der Waals surface area contributed by atoms with Crippen molar-refractivity contribution in [1.29, 1.82) is 0 Å². The summed E-state index contributed by atoms with van der Waals surface area (Å²) in [5, 5.41) is 12.0. The molecule has 12 heavy (non-hydrogen) atoms. The van der Waals surface area contributed by atoms with Crippen LogP contribution in [0.4, 0.5) is 0 Å². The van der Waals surface area contributed by atoms with Crippen LogP contribution in [0.15, 0.2) is 18.3 Å². The molecule has 1 unspecified atom stereocenters. The lowest BCUT2D eigenvalue weighted by atomic mass is 10.1. The topological polar surface area (TPSA) is 45.1 Å². The molecule has 1 atom stereocenters. The van der Waals surface area contributed by atoms with Gasteiger partial charge in [-0.3, -0.25) is 4.98 Å². The molecule has 0 saturated heterocycles. The van der Waals surface area contributed by atoms with E-state index in [9.17, 15) is 0 Å². The SMILES string of the molecule is CNC(CO)c1ccnc(C)c1. The highest BCUT2D eigenvalue weighted by atomic mass is 16.3. The van der Waals surface area contributed by atoms with Crippen molar-refractivity contribution in [3.8, 4) is 0 Å². The molecule has 0 spiro atoms. The molecule has 66 valence electrons. The van der Waals surface area contributed by atoms with Crippen LogP contribution < -0.4 is 5.32 Å². The van der Waals surface area contributed by atoms with Crippen molar-refractivity contribution in [1.82, 2.24) is 10.3 Å². The lowest BCUT2D eigenvalue weighted by Gasteiger charge is -2.13. The number of rotatable bonds is 3. The van der Waals surface area contributed by atoms with Gasteiger partial charge in [0.05, 0.1) is 12.6 Å². The van der Waals surface area contributed by atoms with Crippen LogP contribution in [-0.2, 0) is 0 Å². The molecule has 2 N–H and O–H groups in total. The van der Waals surface area contributed by atoms with Gasteiger partial charge in [0.2, 0.25) is 0 Å². The molecule has 1 aromatic heterocycles. The molecule has 0 saturated carbocycles. The normalized spacial score (nSPS) is 12.9. The Balaban J connectivity index is 2.85. The number of pyridine rings is 1. The van der Waals surface area contributed by atoms with Gasteiger partial charge >= 0.3 is 0 Å². The molecule has 3 nitrogen and oxygen atoms in total. The minimum absolute atomic E-state index is 0.0201. The average molecular weight is 166 g/mol. The summed E-state index contributed by atoms with van der Waals surface area (Å²) in [6.45, 7) is 2.05. The van der Waals surface area contributed by atoms with Crippen LogP contribution in [0.2, 0.25) is 0 Å². The molecule has 0 bridgehead atoms. The summed E-state index contributed by atoms with van der Waals surface area (Å²) in [5.41, 5.74) is 2.05. The molecule has 0 aliphatic heterocycles. The van der Waals surface area contributed by atoms with Gasteiger partial charge in [0.25, 0.3) is 0 Å². The fourth-order valence-corrected chi connectivity index (χ4v) is 1.15. The number of nitrogens with one attached hydrogen (secondary N) is 1. The fraction of sp³-hybridized carbons (Fsp3) is 0.444. The van der Waals surface area contributed by atoms with Gasteiger partial charge in [-0.1, -0.05) is 0 Å². The van der Waals surface area contributed by atoms with Crippen molar-refractivity contribution < 1.29 is 5.11 Å². The van der Waals surface area contributed by atoms with Crippen molar-refractivity contribution >= 4 is 0 Å². The summed E-state index contributed by atoms with van der Waals surface area (Å²) < 4.78 is 0. The number of likely N-dealkylation sites (N-methyl/N-ethyl adjacent to an activating group) is 1. The maximum Gasteiger partial charge on any atom is 0.0626 e. The Morgan fingerprint density at radius 2 is 2.42 bits per heavy atom. The second-order valence-corrected chi connectivity index (χ2v) is 2.75. The number of aliphatic hydroxyl groups excluding tert-OH is 1. The lowest BCUT2D eigenvalue weighted by molar-refractivity contribution is 0.251. The number of hydrogen-bond acceptors (Lipinski definition) is 3. The van der Waals surface area contributed by atoms with Crippen molar-refractivity contribution in [2.75, 3.05) is 13.7 Å². The standard InChI is InChI=1S/C9H14N2O/c1-7-5-8(3-4-11-7)9(6-12)10-2/h3-5,9-10,12H,6H2,1-2H3. The molecule has 0 fully saturated rings. The van der Waals surface area contributed by atoms with Crippen molar-refractivity contribution in [3.63, 3.8) is 0 Å². The van der Waals surface area contributed by atoms with Crippen molar-refractivity contribution in [2.45, 2.75) is 13.0 Å². The Kier molecular flexibility index (Phi) is 3.19. The third-order valence-corrected chi connectivity index (χ3v) is 1.85.